The van der Waals surface area contributed by atoms with E-state index in [9.17, 15) is 19.5 Å². The number of thiazole rings is 1. The minimum absolute atomic E-state index is 0.0341. The minimum Gasteiger partial charge on any atom is -0.478 e. The van der Waals surface area contributed by atoms with Crippen LogP contribution in [-0.4, -0.2) is 52.5 Å². The third kappa shape index (κ3) is 3.10. The van der Waals surface area contributed by atoms with Gasteiger partial charge in [-0.2, -0.15) is 0 Å². The van der Waals surface area contributed by atoms with Gasteiger partial charge in [0.05, 0.1) is 11.8 Å². The van der Waals surface area contributed by atoms with Gasteiger partial charge < -0.3 is 10.0 Å². The molecule has 10 heteroatoms. The Labute approximate surface area is 169 Å². The van der Waals surface area contributed by atoms with E-state index in [4.69, 9.17) is 11.6 Å². The molecule has 28 heavy (non-hydrogen) atoms. The molecule has 0 radical (unpaired) electrons. The lowest BCUT2D eigenvalue weighted by Crippen LogP contribution is -2.41. The summed E-state index contributed by atoms with van der Waals surface area (Å²) < 4.78 is 0.465. The van der Waals surface area contributed by atoms with Crippen LogP contribution in [0.1, 0.15) is 29.3 Å². The molecule has 2 aliphatic heterocycles. The zero-order valence-electron chi connectivity index (χ0n) is 14.9. The molecular formula is C18H17ClN4O4S. The van der Waals surface area contributed by atoms with Crippen molar-refractivity contribution in [1.29, 1.82) is 0 Å². The van der Waals surface area contributed by atoms with Crippen molar-refractivity contribution >= 4 is 51.7 Å². The van der Waals surface area contributed by atoms with Crippen LogP contribution in [0.2, 0.25) is 4.34 Å². The van der Waals surface area contributed by atoms with Crippen molar-refractivity contribution in [3.05, 3.63) is 39.9 Å². The molecule has 1 aromatic heterocycles. The first-order valence-corrected chi connectivity index (χ1v) is 9.82. The van der Waals surface area contributed by atoms with Crippen LogP contribution in [0.3, 0.4) is 0 Å². The van der Waals surface area contributed by atoms with Crippen LogP contribution >= 0.6 is 22.9 Å². The molecule has 8 nitrogen and oxygen atoms in total. The molecule has 0 aliphatic carbocycles. The smallest absolute Gasteiger partial charge is 0.335 e. The predicted molar refractivity (Wildman–Crippen MR) is 105 cm³/mol. The third-order valence-corrected chi connectivity index (χ3v) is 6.33. The number of rotatable bonds is 2. The molecule has 1 atom stereocenters. The standard InChI is InChI=1S/C18H17ClN4O4S/c1-10(24)22-5-4-18(8-22)9-23(17(27)21-16-20-7-14(19)28-16)13-3-2-11(15(25)26)6-12(13)18/h2-3,6-7H,4-5,8-9H2,1H3,(H,25,26)(H,20,21,27). The zero-order valence-corrected chi connectivity index (χ0v) is 16.5. The number of amides is 3. The number of urea groups is 1. The van der Waals surface area contributed by atoms with Gasteiger partial charge in [0, 0.05) is 37.7 Å². The van der Waals surface area contributed by atoms with Crippen molar-refractivity contribution in [2.75, 3.05) is 29.9 Å². The first-order chi connectivity index (χ1) is 13.3. The monoisotopic (exact) mass is 420 g/mol. The molecule has 2 aliphatic rings. The van der Waals surface area contributed by atoms with Crippen molar-refractivity contribution in [3.63, 3.8) is 0 Å². The van der Waals surface area contributed by atoms with Crippen LogP contribution in [0.4, 0.5) is 15.6 Å². The number of carbonyl (C=O) groups is 3. The van der Waals surface area contributed by atoms with Gasteiger partial charge in [0.25, 0.3) is 0 Å². The average molecular weight is 421 g/mol. The van der Waals surface area contributed by atoms with E-state index in [0.717, 1.165) is 16.9 Å². The Hall–Kier alpha value is -2.65. The Bertz CT molecular complexity index is 994. The van der Waals surface area contributed by atoms with Gasteiger partial charge in [0.15, 0.2) is 5.13 Å². The van der Waals surface area contributed by atoms with Crippen molar-refractivity contribution in [2.45, 2.75) is 18.8 Å². The number of hydrogen-bond donors (Lipinski definition) is 2. The van der Waals surface area contributed by atoms with Crippen LogP contribution in [-0.2, 0) is 10.2 Å². The van der Waals surface area contributed by atoms with Gasteiger partial charge in [-0.1, -0.05) is 22.9 Å². The van der Waals surface area contributed by atoms with Crippen molar-refractivity contribution in [3.8, 4) is 0 Å². The molecule has 1 aromatic carbocycles. The summed E-state index contributed by atoms with van der Waals surface area (Å²) in [4.78, 5) is 43.6. The second-order valence-corrected chi connectivity index (χ2v) is 8.66. The molecule has 0 saturated carbocycles. The molecule has 0 bridgehead atoms. The molecule has 1 saturated heterocycles. The van der Waals surface area contributed by atoms with Crippen LogP contribution in [0.25, 0.3) is 0 Å². The maximum Gasteiger partial charge on any atom is 0.335 e. The van der Waals surface area contributed by atoms with Crippen LogP contribution < -0.4 is 10.2 Å². The summed E-state index contributed by atoms with van der Waals surface area (Å²) in [6.07, 6.45) is 2.12. The summed E-state index contributed by atoms with van der Waals surface area (Å²) in [5.74, 6) is -1.06. The number of likely N-dealkylation sites (tertiary alicyclic amines) is 1. The van der Waals surface area contributed by atoms with Crippen LogP contribution in [0.5, 0.6) is 0 Å². The van der Waals surface area contributed by atoms with Gasteiger partial charge in [-0.25, -0.2) is 14.6 Å². The van der Waals surface area contributed by atoms with Gasteiger partial charge in [-0.15, -0.1) is 0 Å². The highest BCUT2D eigenvalue weighted by Crippen LogP contribution is 2.47. The number of nitrogens with one attached hydrogen (secondary N) is 1. The minimum atomic E-state index is -1.03. The quantitative estimate of drug-likeness (QED) is 0.777. The Morgan fingerprint density at radius 1 is 1.32 bits per heavy atom. The number of anilines is 2. The number of aromatic nitrogens is 1. The summed E-state index contributed by atoms with van der Waals surface area (Å²) in [5.41, 5.74) is 1.11. The van der Waals surface area contributed by atoms with E-state index >= 15 is 0 Å². The largest absolute Gasteiger partial charge is 0.478 e. The first kappa shape index (κ1) is 18.7. The number of carboxylic acid groups (broad SMARTS) is 1. The summed E-state index contributed by atoms with van der Waals surface area (Å²) >= 11 is 7.03. The summed E-state index contributed by atoms with van der Waals surface area (Å²) in [6, 6.07) is 4.39. The maximum absolute atomic E-state index is 12.9. The number of benzene rings is 1. The van der Waals surface area contributed by atoms with Crippen LogP contribution in [0, 0.1) is 0 Å². The van der Waals surface area contributed by atoms with E-state index in [1.54, 1.807) is 21.9 Å². The molecule has 3 heterocycles. The number of nitrogens with zero attached hydrogens (tertiary/aromatic N) is 3. The highest BCUT2D eigenvalue weighted by Gasteiger charge is 2.49. The van der Waals surface area contributed by atoms with E-state index in [2.05, 4.69) is 10.3 Å². The number of carbonyl (C=O) groups excluding carboxylic acids is 2. The average Bonchev–Trinajstić information content (AvgIpc) is 3.34. The van der Waals surface area contributed by atoms with E-state index in [-0.39, 0.29) is 17.5 Å². The second kappa shape index (κ2) is 6.75. The second-order valence-electron chi connectivity index (χ2n) is 6.99. The molecular weight excluding hydrogens is 404 g/mol. The Morgan fingerprint density at radius 2 is 2.11 bits per heavy atom. The molecule has 4 rings (SSSR count). The molecule has 1 fully saturated rings. The third-order valence-electron chi connectivity index (χ3n) is 5.30. The van der Waals surface area contributed by atoms with Gasteiger partial charge in [0.1, 0.15) is 4.34 Å². The first-order valence-electron chi connectivity index (χ1n) is 8.62. The maximum atomic E-state index is 12.9. The van der Waals surface area contributed by atoms with Crippen molar-refractivity contribution in [1.82, 2.24) is 9.88 Å². The summed E-state index contributed by atoms with van der Waals surface area (Å²) in [5, 5.41) is 12.5. The van der Waals surface area contributed by atoms with E-state index < -0.39 is 11.4 Å². The Morgan fingerprint density at radius 3 is 2.71 bits per heavy atom. The van der Waals surface area contributed by atoms with E-state index in [0.29, 0.717) is 41.2 Å². The molecule has 2 aromatic rings. The SMILES string of the molecule is CC(=O)N1CCC2(C1)CN(C(=O)Nc1ncc(Cl)s1)c1ccc(C(=O)O)cc12. The summed E-state index contributed by atoms with van der Waals surface area (Å²) in [6.45, 7) is 2.90. The highest BCUT2D eigenvalue weighted by molar-refractivity contribution is 7.19. The van der Waals surface area contributed by atoms with Crippen molar-refractivity contribution < 1.29 is 19.5 Å². The normalized spacial score (nSPS) is 20.5. The van der Waals surface area contributed by atoms with E-state index in [1.807, 2.05) is 0 Å². The zero-order chi connectivity index (χ0) is 20.1. The summed E-state index contributed by atoms with van der Waals surface area (Å²) in [7, 11) is 0. The number of halogens is 1. The predicted octanol–water partition coefficient (Wildman–Crippen LogP) is 3.04. The van der Waals surface area contributed by atoms with Crippen LogP contribution in [0.15, 0.2) is 24.4 Å². The molecule has 2 N–H and O–H groups in total. The number of aromatic carboxylic acids is 1. The lowest BCUT2D eigenvalue weighted by Gasteiger charge is -2.25. The fraction of sp³-hybridized carbons (Fsp3) is 0.333. The lowest BCUT2D eigenvalue weighted by atomic mass is 9.81. The van der Waals surface area contributed by atoms with Crippen molar-refractivity contribution in [2.24, 2.45) is 0 Å². The number of carboxylic acids is 1. The molecule has 1 spiro atoms. The lowest BCUT2D eigenvalue weighted by molar-refractivity contribution is -0.127. The molecule has 1 unspecified atom stereocenters. The molecule has 146 valence electrons. The highest BCUT2D eigenvalue weighted by atomic mass is 35.5. The van der Waals surface area contributed by atoms with E-state index in [1.165, 1.54) is 19.2 Å². The fourth-order valence-corrected chi connectivity index (χ4v) is 4.75. The topological polar surface area (TPSA) is 103 Å². The van der Waals surface area contributed by atoms with Gasteiger partial charge in [-0.05, 0) is 30.2 Å². The molecule has 3 amide bonds. The number of fused-ring (bicyclic) bond motifs is 2. The Balaban J connectivity index is 1.70. The van der Waals surface area contributed by atoms with Gasteiger partial charge in [-0.3, -0.25) is 15.0 Å². The Kier molecular flexibility index (Phi) is 4.51. The number of hydrogen-bond acceptors (Lipinski definition) is 5. The fourth-order valence-electron chi connectivity index (χ4n) is 3.94. The van der Waals surface area contributed by atoms with Gasteiger partial charge >= 0.3 is 12.0 Å². The van der Waals surface area contributed by atoms with Gasteiger partial charge in [0.2, 0.25) is 5.91 Å².